The highest BCUT2D eigenvalue weighted by Gasteiger charge is 2.33. The normalized spacial score (nSPS) is 16.3. The predicted molar refractivity (Wildman–Crippen MR) is 133 cm³/mol. The largest absolute Gasteiger partial charge is 0.389 e. The van der Waals surface area contributed by atoms with Gasteiger partial charge in [-0.15, -0.1) is 11.3 Å². The molecule has 0 radical (unpaired) electrons. The summed E-state index contributed by atoms with van der Waals surface area (Å²) in [6.07, 6.45) is 3.06. The quantitative estimate of drug-likeness (QED) is 0.435. The average molecular weight is 498 g/mol. The summed E-state index contributed by atoms with van der Waals surface area (Å²) in [4.78, 5) is 54.2. The molecule has 4 aromatic heterocycles. The minimum absolute atomic E-state index is 0.00639. The highest BCUT2D eigenvalue weighted by atomic mass is 32.1. The van der Waals surface area contributed by atoms with Crippen molar-refractivity contribution >= 4 is 38.4 Å². The van der Waals surface area contributed by atoms with E-state index in [0.717, 1.165) is 31.8 Å². The molecule has 35 heavy (non-hydrogen) atoms. The maximum absolute atomic E-state index is 13.7. The average Bonchev–Trinajstić information content (AvgIpc) is 3.50. The highest BCUT2D eigenvalue weighted by molar-refractivity contribution is 7.19. The lowest BCUT2D eigenvalue weighted by atomic mass is 10.0. The van der Waals surface area contributed by atoms with Gasteiger partial charge in [0.1, 0.15) is 17.5 Å². The van der Waals surface area contributed by atoms with Crippen LogP contribution in [0, 0.1) is 12.8 Å². The molecule has 1 fully saturated rings. The fourth-order valence-electron chi connectivity index (χ4n) is 4.60. The summed E-state index contributed by atoms with van der Waals surface area (Å²) in [5.41, 5.74) is 2.11. The second kappa shape index (κ2) is 8.74. The molecule has 0 bridgehead atoms. The Bertz CT molecular complexity index is 1580. The van der Waals surface area contributed by atoms with Gasteiger partial charge in [-0.05, 0) is 24.5 Å². The maximum atomic E-state index is 13.7. The van der Waals surface area contributed by atoms with Crippen molar-refractivity contribution in [2.24, 2.45) is 13.0 Å². The zero-order chi connectivity index (χ0) is 25.0. The Balaban J connectivity index is 1.78. The first-order chi connectivity index (χ1) is 16.7. The molecule has 0 unspecified atom stereocenters. The van der Waals surface area contributed by atoms with Gasteiger partial charge in [-0.25, -0.2) is 9.86 Å². The number of thiophene rings is 1. The van der Waals surface area contributed by atoms with Crippen LogP contribution in [0.3, 0.4) is 0 Å². The Morgan fingerprint density at radius 2 is 2.14 bits per heavy atom. The molecular formula is C24H27N5O5S. The Morgan fingerprint density at radius 3 is 2.83 bits per heavy atom. The molecular weight excluding hydrogens is 470 g/mol. The number of aliphatic hydroxyl groups is 1. The van der Waals surface area contributed by atoms with Crippen molar-refractivity contribution in [1.29, 1.82) is 0 Å². The lowest BCUT2D eigenvalue weighted by Gasteiger charge is -2.15. The van der Waals surface area contributed by atoms with Crippen molar-refractivity contribution in [2.75, 3.05) is 13.2 Å². The van der Waals surface area contributed by atoms with E-state index in [1.54, 1.807) is 17.0 Å². The molecule has 10 nitrogen and oxygen atoms in total. The van der Waals surface area contributed by atoms with Crippen molar-refractivity contribution in [2.45, 2.75) is 39.8 Å². The molecule has 1 amide bonds. The number of H-pyrrole nitrogens is 1. The van der Waals surface area contributed by atoms with Crippen LogP contribution < -0.4 is 11.2 Å². The van der Waals surface area contributed by atoms with E-state index in [1.807, 2.05) is 26.8 Å². The van der Waals surface area contributed by atoms with Gasteiger partial charge in [0.25, 0.3) is 11.5 Å². The Kier molecular flexibility index (Phi) is 5.86. The molecule has 1 aliphatic heterocycles. The molecule has 1 saturated heterocycles. The smallest absolute Gasteiger partial charge is 0.331 e. The predicted octanol–water partition coefficient (Wildman–Crippen LogP) is 1.94. The number of nitrogens with zero attached hydrogens (tertiary/aromatic N) is 4. The third kappa shape index (κ3) is 3.89. The molecule has 0 spiro atoms. The highest BCUT2D eigenvalue weighted by Crippen LogP contribution is 2.34. The van der Waals surface area contributed by atoms with Crippen LogP contribution in [0.1, 0.15) is 40.3 Å². The summed E-state index contributed by atoms with van der Waals surface area (Å²) in [6.45, 7) is 6.37. The number of β-amino-alcohol motifs (C(OH)–C–C–N with tert-alkyl or cyclic N) is 1. The van der Waals surface area contributed by atoms with E-state index < -0.39 is 23.3 Å². The molecule has 5 rings (SSSR count). The van der Waals surface area contributed by atoms with Gasteiger partial charge in [0.05, 0.1) is 17.5 Å². The number of hydroxylamine groups is 2. The number of hydrogen-bond acceptors (Lipinski definition) is 7. The van der Waals surface area contributed by atoms with Crippen molar-refractivity contribution in [3.63, 3.8) is 0 Å². The topological polar surface area (TPSA) is 122 Å². The van der Waals surface area contributed by atoms with Crippen molar-refractivity contribution in [1.82, 2.24) is 24.2 Å². The van der Waals surface area contributed by atoms with Crippen LogP contribution in [0.15, 0.2) is 28.0 Å². The summed E-state index contributed by atoms with van der Waals surface area (Å²) in [5.74, 6) is -0.345. The van der Waals surface area contributed by atoms with E-state index in [-0.39, 0.29) is 30.0 Å². The van der Waals surface area contributed by atoms with Gasteiger partial charge in [-0.3, -0.25) is 28.5 Å². The van der Waals surface area contributed by atoms with E-state index >= 15 is 0 Å². The number of aliphatic hydroxyl groups excluding tert-OH is 1. The molecule has 4 aromatic rings. The second-order valence-corrected chi connectivity index (χ2v) is 10.5. The van der Waals surface area contributed by atoms with Gasteiger partial charge in [0.2, 0.25) is 0 Å². The van der Waals surface area contributed by atoms with Crippen molar-refractivity contribution in [3.8, 4) is 0 Å². The molecule has 0 aromatic carbocycles. The van der Waals surface area contributed by atoms with E-state index in [1.165, 1.54) is 18.4 Å². The number of carbonyl (C=O) groups is 1. The van der Waals surface area contributed by atoms with Crippen LogP contribution in [0.5, 0.6) is 0 Å². The number of aromatic nitrogens is 4. The lowest BCUT2D eigenvalue weighted by Crippen LogP contribution is -2.39. The number of pyridine rings is 1. The van der Waals surface area contributed by atoms with E-state index in [2.05, 4.69) is 9.97 Å². The molecule has 184 valence electrons. The number of fused-ring (bicyclic) bond motifs is 2. The third-order valence-electron chi connectivity index (χ3n) is 6.29. The summed E-state index contributed by atoms with van der Waals surface area (Å²) in [6, 6.07) is 1.89. The first-order valence-corrected chi connectivity index (χ1v) is 12.3. The standard InChI is InChI=1S/C24H27N5O5S/c1-12(2)9-28-23-20(21(31)27(4)24(28)33)19(22(32)29-10-14(30)11-34-29)18(35-23)7-15-13(3)26-17-5-6-25-8-16(15)17/h5-6,8,12,14,26,30H,7,9-11H2,1-4H3/t14-/m0/s1. The first kappa shape index (κ1) is 23.5. The fraction of sp³-hybridized carbons (Fsp3) is 0.417. The fourth-order valence-corrected chi connectivity index (χ4v) is 5.90. The Labute approximate surface area is 204 Å². The third-order valence-corrected chi connectivity index (χ3v) is 7.50. The maximum Gasteiger partial charge on any atom is 0.331 e. The van der Waals surface area contributed by atoms with Gasteiger partial charge in [0, 0.05) is 53.9 Å². The zero-order valence-electron chi connectivity index (χ0n) is 20.0. The minimum Gasteiger partial charge on any atom is -0.389 e. The number of nitrogens with one attached hydrogen (secondary N) is 1. The van der Waals surface area contributed by atoms with E-state index in [4.69, 9.17) is 4.84 Å². The summed E-state index contributed by atoms with van der Waals surface area (Å²) < 4.78 is 2.63. The molecule has 5 heterocycles. The van der Waals surface area contributed by atoms with Crippen LogP contribution in [0.2, 0.25) is 0 Å². The van der Waals surface area contributed by atoms with Crippen LogP contribution in [0.4, 0.5) is 0 Å². The van der Waals surface area contributed by atoms with Gasteiger partial charge in [-0.2, -0.15) is 0 Å². The van der Waals surface area contributed by atoms with Crippen molar-refractivity contribution < 1.29 is 14.7 Å². The van der Waals surface area contributed by atoms with Gasteiger partial charge in [0.15, 0.2) is 0 Å². The number of carbonyl (C=O) groups excluding carboxylic acids is 1. The monoisotopic (exact) mass is 497 g/mol. The van der Waals surface area contributed by atoms with Crippen LogP contribution in [-0.4, -0.2) is 54.4 Å². The Hall–Kier alpha value is -3.28. The number of amides is 1. The minimum atomic E-state index is -0.795. The van der Waals surface area contributed by atoms with Crippen LogP contribution >= 0.6 is 11.3 Å². The zero-order valence-corrected chi connectivity index (χ0v) is 20.8. The summed E-state index contributed by atoms with van der Waals surface area (Å²) >= 11 is 1.28. The molecule has 0 saturated carbocycles. The van der Waals surface area contributed by atoms with Crippen LogP contribution in [-0.2, 0) is 24.9 Å². The van der Waals surface area contributed by atoms with Gasteiger partial charge >= 0.3 is 5.69 Å². The lowest BCUT2D eigenvalue weighted by molar-refractivity contribution is -0.0778. The number of hydrogen-bond donors (Lipinski definition) is 2. The number of aryl methyl sites for hydroxylation is 1. The number of rotatable bonds is 5. The molecule has 2 N–H and O–H groups in total. The van der Waals surface area contributed by atoms with Crippen LogP contribution in [0.25, 0.3) is 21.1 Å². The molecule has 11 heteroatoms. The van der Waals surface area contributed by atoms with Gasteiger partial charge in [-0.1, -0.05) is 13.8 Å². The SMILES string of the molecule is Cc1[nH]c2ccncc2c1Cc1sc2c(c1C(=O)N1C[C@H](O)CO1)c(=O)n(C)c(=O)n2CC(C)C. The molecule has 0 aliphatic carbocycles. The van der Waals surface area contributed by atoms with E-state index in [9.17, 15) is 19.5 Å². The van der Waals surface area contributed by atoms with Gasteiger partial charge < -0.3 is 10.1 Å². The molecule has 1 aliphatic rings. The Morgan fingerprint density at radius 1 is 1.37 bits per heavy atom. The number of aromatic amines is 1. The van der Waals surface area contributed by atoms with E-state index in [0.29, 0.717) is 22.7 Å². The molecule has 1 atom stereocenters. The summed E-state index contributed by atoms with van der Waals surface area (Å²) in [5, 5.41) is 12.2. The second-order valence-electron chi connectivity index (χ2n) is 9.37. The van der Waals surface area contributed by atoms with Crippen molar-refractivity contribution in [3.05, 3.63) is 61.0 Å². The first-order valence-electron chi connectivity index (χ1n) is 11.5. The summed E-state index contributed by atoms with van der Waals surface area (Å²) in [7, 11) is 1.43.